The molecule has 3 aromatic rings. The third-order valence-corrected chi connectivity index (χ3v) is 6.30. The fraction of sp³-hybridized carbons (Fsp3) is 0.231. The van der Waals surface area contributed by atoms with Crippen LogP contribution in [0.4, 0.5) is 11.5 Å². The van der Waals surface area contributed by atoms with E-state index >= 15 is 0 Å². The zero-order valence-corrected chi connectivity index (χ0v) is 20.7. The van der Waals surface area contributed by atoms with E-state index in [4.69, 9.17) is 21.7 Å². The lowest BCUT2D eigenvalue weighted by Crippen LogP contribution is -2.54. The van der Waals surface area contributed by atoms with Crippen molar-refractivity contribution >= 4 is 46.7 Å². The Labute approximate surface area is 213 Å². The van der Waals surface area contributed by atoms with Crippen LogP contribution in [0.2, 0.25) is 0 Å². The highest BCUT2D eigenvalue weighted by atomic mass is 32.1. The number of para-hydroxylation sites is 1. The highest BCUT2D eigenvalue weighted by Crippen LogP contribution is 2.30. The van der Waals surface area contributed by atoms with E-state index in [1.807, 2.05) is 44.3 Å². The molecule has 0 bridgehead atoms. The topological polar surface area (TPSA) is 88.9 Å². The molecule has 1 aromatic heterocycles. The number of thiocarbonyl (C=S) groups is 1. The fourth-order valence-electron chi connectivity index (χ4n) is 4.31. The van der Waals surface area contributed by atoms with Gasteiger partial charge in [-0.05, 0) is 61.6 Å². The summed E-state index contributed by atoms with van der Waals surface area (Å²) in [7, 11) is 1.85. The summed E-state index contributed by atoms with van der Waals surface area (Å²) in [5.74, 6) is 1.11. The van der Waals surface area contributed by atoms with Crippen molar-refractivity contribution in [2.24, 2.45) is 7.05 Å². The van der Waals surface area contributed by atoms with Gasteiger partial charge in [0, 0.05) is 25.7 Å². The molecule has 2 saturated heterocycles. The van der Waals surface area contributed by atoms with Gasteiger partial charge in [-0.2, -0.15) is 5.10 Å². The van der Waals surface area contributed by atoms with Gasteiger partial charge in [-0.15, -0.1) is 0 Å². The predicted molar refractivity (Wildman–Crippen MR) is 140 cm³/mol. The van der Waals surface area contributed by atoms with Crippen molar-refractivity contribution in [2.45, 2.75) is 6.92 Å². The Bertz CT molecular complexity index is 1340. The number of nitrogens with one attached hydrogen (secondary N) is 1. The molecule has 2 fully saturated rings. The number of hydrogen-bond acceptors (Lipinski definition) is 7. The lowest BCUT2D eigenvalue weighted by atomic mass is 10.1. The van der Waals surface area contributed by atoms with Crippen molar-refractivity contribution in [3.8, 4) is 11.5 Å². The molecule has 2 amide bonds. The second-order valence-electron chi connectivity index (χ2n) is 8.41. The Morgan fingerprint density at radius 2 is 1.69 bits per heavy atom. The molecule has 0 saturated carbocycles. The van der Waals surface area contributed by atoms with Crippen LogP contribution in [0.25, 0.3) is 6.08 Å². The van der Waals surface area contributed by atoms with Crippen molar-refractivity contribution < 1.29 is 19.1 Å². The van der Waals surface area contributed by atoms with E-state index in [0.717, 1.165) is 11.4 Å². The Hall–Kier alpha value is -4.02. The maximum atomic E-state index is 13.6. The Morgan fingerprint density at radius 3 is 2.39 bits per heavy atom. The summed E-state index contributed by atoms with van der Waals surface area (Å²) in [4.78, 5) is 29.9. The quantitative estimate of drug-likeness (QED) is 0.325. The molecule has 184 valence electrons. The summed E-state index contributed by atoms with van der Waals surface area (Å²) in [6, 6.07) is 16.4. The molecular weight excluding hydrogens is 478 g/mol. The molecule has 5 rings (SSSR count). The van der Waals surface area contributed by atoms with Crippen LogP contribution in [0.3, 0.4) is 0 Å². The number of aromatic nitrogens is 2. The van der Waals surface area contributed by atoms with Crippen LogP contribution in [0.1, 0.15) is 11.3 Å². The van der Waals surface area contributed by atoms with Crippen molar-refractivity contribution in [3.63, 3.8) is 0 Å². The summed E-state index contributed by atoms with van der Waals surface area (Å²) in [5, 5.41) is 7.20. The van der Waals surface area contributed by atoms with Crippen LogP contribution in [0, 0.1) is 6.92 Å². The van der Waals surface area contributed by atoms with Crippen LogP contribution >= 0.6 is 12.2 Å². The lowest BCUT2D eigenvalue weighted by Gasteiger charge is -2.30. The Kier molecular flexibility index (Phi) is 6.53. The van der Waals surface area contributed by atoms with Crippen LogP contribution in [-0.2, 0) is 21.4 Å². The average Bonchev–Trinajstić information content (AvgIpc) is 3.16. The molecule has 2 aromatic carbocycles. The Balaban J connectivity index is 1.45. The number of amides is 2. The van der Waals surface area contributed by atoms with Gasteiger partial charge in [0.1, 0.15) is 22.9 Å². The summed E-state index contributed by atoms with van der Waals surface area (Å²) in [5.41, 5.74) is 1.94. The number of anilines is 2. The number of ether oxygens (including phenoxy) is 2. The van der Waals surface area contributed by atoms with Gasteiger partial charge in [-0.25, -0.2) is 0 Å². The van der Waals surface area contributed by atoms with Crippen molar-refractivity contribution in [2.75, 3.05) is 36.1 Å². The predicted octanol–water partition coefficient (Wildman–Crippen LogP) is 3.19. The molecule has 2 aliphatic heterocycles. The van der Waals surface area contributed by atoms with Gasteiger partial charge in [0.05, 0.1) is 24.6 Å². The fourth-order valence-corrected chi connectivity index (χ4v) is 4.59. The minimum atomic E-state index is -0.540. The summed E-state index contributed by atoms with van der Waals surface area (Å²) in [6.45, 7) is 4.46. The molecule has 0 radical (unpaired) electrons. The number of nitrogens with zero attached hydrogens (tertiary/aromatic N) is 4. The molecule has 0 atom stereocenters. The summed E-state index contributed by atoms with van der Waals surface area (Å²) < 4.78 is 13.1. The van der Waals surface area contributed by atoms with Crippen LogP contribution < -0.4 is 19.9 Å². The summed E-state index contributed by atoms with van der Waals surface area (Å²) >= 11 is 5.35. The van der Waals surface area contributed by atoms with Crippen molar-refractivity contribution in [1.29, 1.82) is 0 Å². The SMILES string of the molecule is Cc1nn(C)c(N2CCOCC2)c1/C=C1/C(=O)NC(=S)N(c2ccc(Oc3ccccc3)cc2)C1=O. The molecule has 0 spiro atoms. The molecule has 2 aliphatic rings. The standard InChI is InChI=1S/C26H25N5O4S/c1-17-21(24(29(2)28-17)30-12-14-34-15-13-30)16-22-23(32)27-26(36)31(25(22)33)18-8-10-20(11-9-18)35-19-6-4-3-5-7-19/h3-11,16H,12-15H2,1-2H3,(H,27,32,36)/b22-16-. The van der Waals surface area contributed by atoms with Crippen LogP contribution in [0.5, 0.6) is 11.5 Å². The van der Waals surface area contributed by atoms with Crippen molar-refractivity contribution in [3.05, 3.63) is 71.4 Å². The first-order valence-corrected chi connectivity index (χ1v) is 11.9. The normalized spacial score (nSPS) is 17.5. The van der Waals surface area contributed by atoms with Gasteiger partial charge >= 0.3 is 0 Å². The largest absolute Gasteiger partial charge is 0.457 e. The van der Waals surface area contributed by atoms with Crippen molar-refractivity contribution in [1.82, 2.24) is 15.1 Å². The maximum absolute atomic E-state index is 13.6. The zero-order chi connectivity index (χ0) is 25.2. The third kappa shape index (κ3) is 4.60. The maximum Gasteiger partial charge on any atom is 0.270 e. The second kappa shape index (κ2) is 9.92. The molecule has 1 N–H and O–H groups in total. The van der Waals surface area contributed by atoms with E-state index in [0.29, 0.717) is 49.2 Å². The van der Waals surface area contributed by atoms with Gasteiger partial charge < -0.3 is 14.4 Å². The van der Waals surface area contributed by atoms with Crippen LogP contribution in [-0.4, -0.2) is 53.0 Å². The smallest absolute Gasteiger partial charge is 0.270 e. The molecule has 10 heteroatoms. The minimum Gasteiger partial charge on any atom is -0.457 e. The van der Waals surface area contributed by atoms with Gasteiger partial charge in [0.2, 0.25) is 0 Å². The van der Waals surface area contributed by atoms with Gasteiger partial charge in [0.25, 0.3) is 11.8 Å². The van der Waals surface area contributed by atoms with E-state index in [2.05, 4.69) is 15.3 Å². The van der Waals surface area contributed by atoms with Crippen LogP contribution in [0.15, 0.2) is 60.2 Å². The van der Waals surface area contributed by atoms with E-state index < -0.39 is 11.8 Å². The second-order valence-corrected chi connectivity index (χ2v) is 8.80. The molecular formula is C26H25N5O4S. The molecule has 0 unspecified atom stereocenters. The first kappa shape index (κ1) is 23.7. The number of carbonyl (C=O) groups is 2. The van der Waals surface area contributed by atoms with Gasteiger partial charge in [0.15, 0.2) is 5.11 Å². The lowest BCUT2D eigenvalue weighted by molar-refractivity contribution is -0.122. The number of morpholine rings is 1. The summed E-state index contributed by atoms with van der Waals surface area (Å²) in [6.07, 6.45) is 1.60. The monoisotopic (exact) mass is 503 g/mol. The molecule has 9 nitrogen and oxygen atoms in total. The zero-order valence-electron chi connectivity index (χ0n) is 19.9. The third-order valence-electron chi connectivity index (χ3n) is 6.01. The highest BCUT2D eigenvalue weighted by molar-refractivity contribution is 7.80. The van der Waals surface area contributed by atoms with Gasteiger partial charge in [-0.1, -0.05) is 18.2 Å². The van der Waals surface area contributed by atoms with E-state index in [-0.39, 0.29) is 10.7 Å². The number of aryl methyl sites for hydroxylation is 2. The van der Waals surface area contributed by atoms with E-state index in [1.165, 1.54) is 4.90 Å². The number of rotatable bonds is 5. The molecule has 0 aliphatic carbocycles. The number of carbonyl (C=O) groups excluding carboxylic acids is 2. The minimum absolute atomic E-state index is 0.0150. The average molecular weight is 504 g/mol. The van der Waals surface area contributed by atoms with E-state index in [9.17, 15) is 9.59 Å². The molecule has 36 heavy (non-hydrogen) atoms. The number of benzene rings is 2. The first-order valence-electron chi connectivity index (χ1n) is 11.5. The van der Waals surface area contributed by atoms with Gasteiger partial charge in [-0.3, -0.25) is 24.5 Å². The highest BCUT2D eigenvalue weighted by Gasteiger charge is 2.35. The molecule has 3 heterocycles. The Morgan fingerprint density at radius 1 is 1.03 bits per heavy atom. The number of hydrogen-bond donors (Lipinski definition) is 1. The first-order chi connectivity index (χ1) is 17.4. The van der Waals surface area contributed by atoms with E-state index in [1.54, 1.807) is 35.0 Å².